The van der Waals surface area contributed by atoms with Crippen LogP contribution in [-0.4, -0.2) is 83.6 Å². The van der Waals surface area contributed by atoms with Crippen LogP contribution < -0.4 is 24.8 Å². The molecule has 330 valence electrons. The molecule has 0 unspecified atom stereocenters. The number of nitrogens with one attached hydrogen (secondary N) is 3. The minimum atomic E-state index is -5.03. The molecule has 13 nitrogen and oxygen atoms in total. The molecule has 3 N–H and O–H groups in total. The van der Waals surface area contributed by atoms with Crippen molar-refractivity contribution in [2.45, 2.75) is 94.4 Å². The molecule has 1 aliphatic heterocycles. The largest absolute Gasteiger partial charge is 0.496 e. The summed E-state index contributed by atoms with van der Waals surface area (Å²) in [7, 11) is -2.46. The van der Waals surface area contributed by atoms with Crippen LogP contribution in [0.3, 0.4) is 0 Å². The lowest BCUT2D eigenvalue weighted by Gasteiger charge is -2.30. The Morgan fingerprint density at radius 1 is 1.10 bits per heavy atom. The predicted molar refractivity (Wildman–Crippen MR) is 226 cm³/mol. The van der Waals surface area contributed by atoms with E-state index < -0.39 is 80.2 Å². The normalized spacial score (nSPS) is 21.6. The van der Waals surface area contributed by atoms with Crippen molar-refractivity contribution in [2.75, 3.05) is 19.0 Å². The number of hydrogen-bond donors (Lipinski definition) is 3. The molecule has 3 fully saturated rings. The van der Waals surface area contributed by atoms with Gasteiger partial charge in [-0.15, -0.1) is 17.9 Å². The maximum atomic E-state index is 14.6. The number of pyridine rings is 1. The SMILES string of the molecule is C=C[C@@H]1C[C@]1(NC(=O)[C@@H]1C[C@@H](Oc2cc(-c3nc(C(C)C)cs3)nc3c(C)c(OC)ccc23)CN1C(=O)[C@@H](Nc1ccc(F)c(C(F)(F)F)c1)C(=C)C)C(=O)NS(=O)(=O)C1CC1. The molecule has 19 heteroatoms. The number of carbonyl (C=O) groups excluding carboxylic acids is 3. The van der Waals surface area contributed by atoms with Crippen molar-refractivity contribution >= 4 is 55.7 Å². The van der Waals surface area contributed by atoms with Gasteiger partial charge in [-0.05, 0) is 74.9 Å². The predicted octanol–water partition coefficient (Wildman–Crippen LogP) is 7.03. The van der Waals surface area contributed by atoms with E-state index in [0.717, 1.165) is 17.3 Å². The molecule has 0 spiro atoms. The second-order valence-electron chi connectivity index (χ2n) is 16.3. The van der Waals surface area contributed by atoms with Crippen LogP contribution >= 0.6 is 11.3 Å². The van der Waals surface area contributed by atoms with Gasteiger partial charge in [0.15, 0.2) is 0 Å². The van der Waals surface area contributed by atoms with E-state index >= 15 is 0 Å². The first kappa shape index (κ1) is 44.5. The molecule has 5 atom stereocenters. The number of rotatable bonds is 15. The molecule has 2 aromatic heterocycles. The van der Waals surface area contributed by atoms with Crippen LogP contribution in [0.25, 0.3) is 21.6 Å². The third-order valence-electron chi connectivity index (χ3n) is 11.4. The molecule has 0 radical (unpaired) electrons. The lowest BCUT2D eigenvalue weighted by molar-refractivity contribution is -0.140. The summed E-state index contributed by atoms with van der Waals surface area (Å²) in [4.78, 5) is 53.7. The Morgan fingerprint density at radius 3 is 2.42 bits per heavy atom. The number of carbonyl (C=O) groups is 3. The number of nitrogens with zero attached hydrogens (tertiary/aromatic N) is 3. The molecule has 2 aromatic carbocycles. The van der Waals surface area contributed by atoms with Gasteiger partial charge in [0, 0.05) is 40.4 Å². The molecule has 0 bridgehead atoms. The number of fused-ring (bicyclic) bond motifs is 1. The number of amides is 3. The molecule has 2 aliphatic carbocycles. The zero-order valence-corrected chi connectivity index (χ0v) is 36.2. The zero-order chi connectivity index (χ0) is 45.1. The number of anilines is 1. The molecule has 1 saturated heterocycles. The van der Waals surface area contributed by atoms with Crippen LogP contribution in [0.5, 0.6) is 11.5 Å². The fraction of sp³-hybridized carbons (Fsp3) is 0.419. The van der Waals surface area contributed by atoms with Crippen LogP contribution in [0.1, 0.15) is 69.2 Å². The lowest BCUT2D eigenvalue weighted by atomic mass is 10.1. The first-order valence-electron chi connectivity index (χ1n) is 19.9. The average Bonchev–Trinajstić information content (AvgIpc) is 4.09. The van der Waals surface area contributed by atoms with Crippen molar-refractivity contribution in [1.82, 2.24) is 24.9 Å². The summed E-state index contributed by atoms with van der Waals surface area (Å²) in [6, 6.07) is 4.71. The van der Waals surface area contributed by atoms with Crippen LogP contribution in [0.2, 0.25) is 0 Å². The molecule has 3 heterocycles. The third-order valence-corrected chi connectivity index (χ3v) is 14.1. The van der Waals surface area contributed by atoms with E-state index in [1.165, 1.54) is 36.3 Å². The topological polar surface area (TPSA) is 169 Å². The summed E-state index contributed by atoms with van der Waals surface area (Å²) >= 11 is 1.41. The Kier molecular flexibility index (Phi) is 11.9. The first-order valence-corrected chi connectivity index (χ1v) is 22.3. The van der Waals surface area contributed by atoms with Crippen molar-refractivity contribution in [3.05, 3.63) is 89.2 Å². The van der Waals surface area contributed by atoms with E-state index in [0.29, 0.717) is 58.1 Å². The summed E-state index contributed by atoms with van der Waals surface area (Å²) in [5, 5.41) is 7.90. The molecule has 62 heavy (non-hydrogen) atoms. The maximum Gasteiger partial charge on any atom is 0.419 e. The molecular weight excluding hydrogens is 853 g/mol. The highest BCUT2D eigenvalue weighted by molar-refractivity contribution is 7.91. The molecule has 3 aliphatic rings. The summed E-state index contributed by atoms with van der Waals surface area (Å²) in [5.41, 5.74) is -0.664. The standard InChI is InChI=1S/C43H46F4N6O7S2/c1-8-24-18-42(24,41(56)52-62(57,58)27-10-11-27)51-38(54)33-16-26(19-53(33)40(55)36(22(4)5)48-25-9-13-30(44)29(15-25)43(45,46)47)60-35-17-31(39-50-32(20-61-39)21(2)3)49-37-23(6)34(59-7)14-12-28(35)37/h8-9,12-15,17,20-21,24,26-27,33,36,48H,1,4,10-11,16,18-19H2,2-3,5-7H3,(H,51,54)(H,52,56)/t24-,26-,33+,36+,42-/m1/s1. The van der Waals surface area contributed by atoms with Crippen LogP contribution in [0.4, 0.5) is 23.2 Å². The van der Waals surface area contributed by atoms with E-state index in [9.17, 15) is 40.4 Å². The Morgan fingerprint density at radius 2 is 1.82 bits per heavy atom. The number of likely N-dealkylation sites (tertiary alicyclic amines) is 1. The zero-order valence-electron chi connectivity index (χ0n) is 34.6. The van der Waals surface area contributed by atoms with Gasteiger partial charge in [-0.1, -0.05) is 26.5 Å². The third kappa shape index (κ3) is 8.73. The lowest BCUT2D eigenvalue weighted by Crippen LogP contribution is -2.57. The van der Waals surface area contributed by atoms with E-state index in [1.807, 2.05) is 26.2 Å². The number of aromatic nitrogens is 2. The van der Waals surface area contributed by atoms with Crippen molar-refractivity contribution < 1.29 is 49.8 Å². The fourth-order valence-corrected chi connectivity index (χ4v) is 9.92. The van der Waals surface area contributed by atoms with Crippen molar-refractivity contribution in [3.63, 3.8) is 0 Å². The van der Waals surface area contributed by atoms with Crippen molar-refractivity contribution in [1.29, 1.82) is 0 Å². The number of methoxy groups -OCH3 is 1. The van der Waals surface area contributed by atoms with Gasteiger partial charge in [-0.25, -0.2) is 22.8 Å². The quantitative estimate of drug-likeness (QED) is 0.0833. The van der Waals surface area contributed by atoms with E-state index in [4.69, 9.17) is 19.4 Å². The van der Waals surface area contributed by atoms with Crippen molar-refractivity contribution in [3.8, 4) is 22.2 Å². The summed E-state index contributed by atoms with van der Waals surface area (Å²) < 4.78 is 95.3. The average molecular weight is 899 g/mol. The number of benzene rings is 2. The van der Waals surface area contributed by atoms with Gasteiger partial charge in [-0.2, -0.15) is 13.2 Å². The summed E-state index contributed by atoms with van der Waals surface area (Å²) in [6.07, 6.45) is -3.79. The summed E-state index contributed by atoms with van der Waals surface area (Å²) in [6.45, 7) is 14.8. The Balaban J connectivity index is 1.25. The molecule has 7 rings (SSSR count). The second kappa shape index (κ2) is 16.6. The van der Waals surface area contributed by atoms with Gasteiger partial charge >= 0.3 is 6.18 Å². The Hall–Kier alpha value is -5.56. The van der Waals surface area contributed by atoms with E-state index in [-0.39, 0.29) is 36.6 Å². The van der Waals surface area contributed by atoms with Crippen LogP contribution in [0, 0.1) is 18.7 Å². The van der Waals surface area contributed by atoms with Gasteiger partial charge < -0.3 is 25.0 Å². The van der Waals surface area contributed by atoms with Gasteiger partial charge in [-0.3, -0.25) is 19.1 Å². The maximum absolute atomic E-state index is 14.6. The van der Waals surface area contributed by atoms with Crippen LogP contribution in [-0.2, 0) is 30.6 Å². The highest BCUT2D eigenvalue weighted by Crippen LogP contribution is 2.46. The van der Waals surface area contributed by atoms with E-state index in [2.05, 4.69) is 28.5 Å². The fourth-order valence-electron chi connectivity index (χ4n) is 7.61. The number of sulfonamides is 1. The minimum Gasteiger partial charge on any atom is -0.496 e. The number of alkyl halides is 3. The number of hydrogen-bond acceptors (Lipinski definition) is 11. The highest BCUT2D eigenvalue weighted by atomic mass is 32.2. The molecule has 4 aromatic rings. The number of ether oxygens (including phenoxy) is 2. The van der Waals surface area contributed by atoms with Crippen LogP contribution in [0.15, 0.2) is 66.6 Å². The Labute approximate surface area is 360 Å². The van der Waals surface area contributed by atoms with Gasteiger partial charge in [0.2, 0.25) is 21.8 Å². The van der Waals surface area contributed by atoms with Crippen molar-refractivity contribution in [2.24, 2.45) is 5.92 Å². The van der Waals surface area contributed by atoms with Gasteiger partial charge in [0.1, 0.15) is 51.7 Å². The summed E-state index contributed by atoms with van der Waals surface area (Å²) in [5.74, 6) is -3.58. The second-order valence-corrected chi connectivity index (χ2v) is 19.1. The highest BCUT2D eigenvalue weighted by Gasteiger charge is 2.62. The van der Waals surface area contributed by atoms with Gasteiger partial charge in [0.25, 0.3) is 5.91 Å². The number of thiazole rings is 1. The smallest absolute Gasteiger partial charge is 0.419 e. The number of halogens is 4. The molecule has 2 saturated carbocycles. The first-order chi connectivity index (χ1) is 29.2. The molecular formula is C43H46F4N6O7S2. The Bertz CT molecular complexity index is 2600. The van der Waals surface area contributed by atoms with E-state index in [1.54, 1.807) is 18.2 Å². The molecule has 3 amide bonds. The minimum absolute atomic E-state index is 0.0424. The monoisotopic (exact) mass is 898 g/mol. The number of aryl methyl sites for hydroxylation is 1. The van der Waals surface area contributed by atoms with Gasteiger partial charge in [0.05, 0.1) is 35.7 Å².